The monoisotopic (exact) mass is 158 g/mol. The highest BCUT2D eigenvalue weighted by Gasteiger charge is 2.38. The van der Waals surface area contributed by atoms with E-state index in [1.165, 1.54) is 38.4 Å². The van der Waals surface area contributed by atoms with Gasteiger partial charge in [-0.1, -0.05) is 51.2 Å². The van der Waals surface area contributed by atoms with Gasteiger partial charge in [-0.3, -0.25) is 0 Å². The van der Waals surface area contributed by atoms with E-state index in [1.54, 1.807) is 0 Å². The van der Waals surface area contributed by atoms with Crippen LogP contribution in [-0.4, -0.2) is 6.13 Å². The van der Waals surface area contributed by atoms with Gasteiger partial charge in [0.25, 0.3) is 6.13 Å². The highest BCUT2D eigenvalue weighted by Crippen LogP contribution is 2.43. The normalized spacial score (nSPS) is 23.4. The van der Waals surface area contributed by atoms with E-state index in [9.17, 15) is 0 Å². The molecule has 0 aliphatic carbocycles. The summed E-state index contributed by atoms with van der Waals surface area (Å²) < 4.78 is 0. The number of hydrogen-bond acceptors (Lipinski definition) is 0. The van der Waals surface area contributed by atoms with Crippen LogP contribution in [0.2, 0.25) is 12.1 Å². The fourth-order valence-electron chi connectivity index (χ4n) is 1.34. The molecule has 1 unspecified atom stereocenters. The predicted octanol–water partition coefficient (Wildman–Crippen LogP) is 3.57. The first-order valence-corrected chi connectivity index (χ1v) is 4.92. The van der Waals surface area contributed by atoms with Crippen molar-refractivity contribution in [3.05, 3.63) is 0 Å². The third-order valence-electron chi connectivity index (χ3n) is 2.26. The molecule has 58 valence electrons. The van der Waals surface area contributed by atoms with Crippen molar-refractivity contribution in [2.75, 3.05) is 0 Å². The summed E-state index contributed by atoms with van der Waals surface area (Å²) in [7, 11) is 0. The van der Waals surface area contributed by atoms with Crippen molar-refractivity contribution in [2.24, 2.45) is 0 Å². The van der Waals surface area contributed by atoms with E-state index in [-0.39, 0.29) is 0 Å². The Morgan fingerprint density at radius 1 is 1.40 bits per heavy atom. The van der Waals surface area contributed by atoms with E-state index in [0.29, 0.717) is 6.13 Å². The summed E-state index contributed by atoms with van der Waals surface area (Å²) in [5.41, 5.74) is 0. The van der Waals surface area contributed by atoms with Crippen LogP contribution >= 0.6 is 11.5 Å². The van der Waals surface area contributed by atoms with Crippen molar-refractivity contribution in [2.45, 2.75) is 51.2 Å². The van der Waals surface area contributed by atoms with Crippen molar-refractivity contribution < 1.29 is 0 Å². The summed E-state index contributed by atoms with van der Waals surface area (Å²) >= 11 is 5.86. The van der Waals surface area contributed by atoms with Gasteiger partial charge in [-0.25, -0.2) is 0 Å². The number of rotatable bonds is 5. The highest BCUT2D eigenvalue weighted by molar-refractivity contribution is 7.14. The lowest BCUT2D eigenvalue weighted by atomic mass is 9.96. The predicted molar refractivity (Wildman–Crippen MR) is 48.9 cm³/mol. The molecule has 1 atom stereocenters. The minimum Gasteiger partial charge on any atom is -0.195 e. The molecule has 0 N–H and O–H groups in total. The van der Waals surface area contributed by atoms with Crippen molar-refractivity contribution in [3.63, 3.8) is 0 Å². The molecular weight excluding hydrogens is 142 g/mol. The van der Waals surface area contributed by atoms with Gasteiger partial charge >= 0.3 is 0 Å². The van der Waals surface area contributed by atoms with Gasteiger partial charge in [-0.05, 0) is 0 Å². The molecule has 0 bridgehead atoms. The second-order valence-corrected chi connectivity index (χ2v) is 3.92. The summed E-state index contributed by atoms with van der Waals surface area (Å²) in [5.74, 6) is 0.888. The third kappa shape index (κ3) is 2.96. The Bertz CT molecular complexity index is 95.3. The SMILES string of the molecule is CCCCCCC1CB1Cl. The highest BCUT2D eigenvalue weighted by atomic mass is 35.5. The minimum atomic E-state index is 0.543. The smallest absolute Gasteiger partial charge is 0.195 e. The first kappa shape index (κ1) is 8.45. The van der Waals surface area contributed by atoms with Crippen LogP contribution in [0.3, 0.4) is 0 Å². The second-order valence-electron chi connectivity index (χ2n) is 3.36. The number of hydrogen-bond donors (Lipinski definition) is 0. The zero-order chi connectivity index (χ0) is 7.40. The molecule has 0 aromatic rings. The summed E-state index contributed by atoms with van der Waals surface area (Å²) in [4.78, 5) is 0. The Morgan fingerprint density at radius 3 is 2.60 bits per heavy atom. The molecule has 1 aliphatic rings. The summed E-state index contributed by atoms with van der Waals surface area (Å²) in [5, 5.41) is 0. The Kier molecular flexibility index (Phi) is 3.62. The maximum absolute atomic E-state index is 5.86. The Labute approximate surface area is 69.3 Å². The van der Waals surface area contributed by atoms with E-state index in [4.69, 9.17) is 11.5 Å². The van der Waals surface area contributed by atoms with Crippen LogP contribution in [0, 0.1) is 0 Å². The zero-order valence-corrected chi connectivity index (χ0v) is 7.53. The fourth-order valence-corrected chi connectivity index (χ4v) is 1.70. The molecule has 0 spiro atoms. The van der Waals surface area contributed by atoms with Gasteiger partial charge in [0.15, 0.2) is 0 Å². The Balaban J connectivity index is 1.78. The van der Waals surface area contributed by atoms with Crippen molar-refractivity contribution in [3.8, 4) is 0 Å². The number of unbranched alkanes of at least 4 members (excludes halogenated alkanes) is 3. The Morgan fingerprint density at radius 2 is 2.10 bits per heavy atom. The lowest BCUT2D eigenvalue weighted by Crippen LogP contribution is -1.79. The lowest BCUT2D eigenvalue weighted by Gasteiger charge is -1.96. The number of halogens is 1. The molecule has 0 aromatic heterocycles. The third-order valence-corrected chi connectivity index (χ3v) is 2.80. The van der Waals surface area contributed by atoms with Crippen LogP contribution in [0.25, 0.3) is 0 Å². The van der Waals surface area contributed by atoms with Crippen LogP contribution < -0.4 is 0 Å². The molecule has 1 heterocycles. The Hall–Kier alpha value is 0.355. The van der Waals surface area contributed by atoms with Crippen LogP contribution in [0.5, 0.6) is 0 Å². The molecule has 1 saturated heterocycles. The quantitative estimate of drug-likeness (QED) is 0.424. The second kappa shape index (κ2) is 4.28. The van der Waals surface area contributed by atoms with Gasteiger partial charge in [-0.2, -0.15) is 11.5 Å². The van der Waals surface area contributed by atoms with E-state index >= 15 is 0 Å². The summed E-state index contributed by atoms with van der Waals surface area (Å²) in [6.45, 7) is 2.25. The largest absolute Gasteiger partial charge is 0.252 e. The molecule has 10 heavy (non-hydrogen) atoms. The van der Waals surface area contributed by atoms with Crippen LogP contribution in [-0.2, 0) is 0 Å². The molecule has 1 fully saturated rings. The standard InChI is InChI=1S/C8H16BCl/c1-2-3-4-5-6-8-7-9(8)10/h8H,2-7H2,1H3. The van der Waals surface area contributed by atoms with Crippen LogP contribution in [0.1, 0.15) is 39.0 Å². The topological polar surface area (TPSA) is 0 Å². The molecule has 0 radical (unpaired) electrons. The first-order valence-electron chi connectivity index (χ1n) is 4.48. The molecule has 1 rings (SSSR count). The van der Waals surface area contributed by atoms with Gasteiger partial charge in [0.1, 0.15) is 0 Å². The molecule has 2 heteroatoms. The molecule has 0 nitrogen and oxygen atoms in total. The molecule has 0 aromatic carbocycles. The minimum absolute atomic E-state index is 0.543. The molecule has 0 amide bonds. The summed E-state index contributed by atoms with van der Waals surface area (Å²) in [6, 6.07) is 0. The molecule has 0 saturated carbocycles. The average Bonchev–Trinajstić information content (AvgIpc) is 2.60. The van der Waals surface area contributed by atoms with Crippen LogP contribution in [0.15, 0.2) is 0 Å². The van der Waals surface area contributed by atoms with E-state index in [0.717, 1.165) is 5.82 Å². The average molecular weight is 158 g/mol. The first-order chi connectivity index (χ1) is 4.84. The van der Waals surface area contributed by atoms with Gasteiger partial charge in [0, 0.05) is 0 Å². The van der Waals surface area contributed by atoms with Crippen molar-refractivity contribution >= 4 is 17.6 Å². The van der Waals surface area contributed by atoms with Gasteiger partial charge in [0.2, 0.25) is 0 Å². The fraction of sp³-hybridized carbons (Fsp3) is 1.00. The van der Waals surface area contributed by atoms with E-state index < -0.39 is 0 Å². The van der Waals surface area contributed by atoms with Crippen molar-refractivity contribution in [1.29, 1.82) is 0 Å². The van der Waals surface area contributed by atoms with Gasteiger partial charge < -0.3 is 0 Å². The summed E-state index contributed by atoms with van der Waals surface area (Å²) in [6.07, 6.45) is 8.77. The van der Waals surface area contributed by atoms with Gasteiger partial charge in [-0.15, -0.1) is 0 Å². The maximum atomic E-state index is 5.86. The zero-order valence-electron chi connectivity index (χ0n) is 6.78. The molecule has 1 aliphatic heterocycles. The molecular formula is C8H16BCl. The van der Waals surface area contributed by atoms with Crippen molar-refractivity contribution in [1.82, 2.24) is 0 Å². The van der Waals surface area contributed by atoms with Gasteiger partial charge in [0.05, 0.1) is 0 Å². The lowest BCUT2D eigenvalue weighted by molar-refractivity contribution is 0.638. The van der Waals surface area contributed by atoms with Crippen LogP contribution in [0.4, 0.5) is 0 Å². The van der Waals surface area contributed by atoms with E-state index in [1.807, 2.05) is 0 Å². The van der Waals surface area contributed by atoms with E-state index in [2.05, 4.69) is 6.92 Å². The maximum Gasteiger partial charge on any atom is 0.252 e.